The maximum absolute atomic E-state index is 4.07. The molecule has 1 heterocycles. The van der Waals surface area contributed by atoms with Crippen molar-refractivity contribution in [3.05, 3.63) is 30.6 Å². The van der Waals surface area contributed by atoms with E-state index in [1.54, 1.807) is 0 Å². The van der Waals surface area contributed by atoms with E-state index in [0.29, 0.717) is 0 Å². The lowest BCUT2D eigenvalue weighted by molar-refractivity contribution is 1.43. The fourth-order valence-electron chi connectivity index (χ4n) is 1.58. The van der Waals surface area contributed by atoms with Crippen LogP contribution in [0.15, 0.2) is 30.6 Å². The molecule has 0 fully saturated rings. The van der Waals surface area contributed by atoms with Crippen LogP contribution in [0.25, 0.3) is 22.3 Å². The van der Waals surface area contributed by atoms with Gasteiger partial charge in [0.25, 0.3) is 0 Å². The highest BCUT2D eigenvalue weighted by Crippen LogP contribution is 2.47. The second-order valence-electron chi connectivity index (χ2n) is 2.59. The maximum atomic E-state index is 4.07. The highest BCUT2D eigenvalue weighted by Gasteiger charge is 2.22. The lowest BCUT2D eigenvalue weighted by atomic mass is 9.88. The van der Waals surface area contributed by atoms with Gasteiger partial charge in [-0.25, -0.2) is 0 Å². The highest BCUT2D eigenvalue weighted by atomic mass is 14.7. The van der Waals surface area contributed by atoms with Gasteiger partial charge in [-0.2, -0.15) is 0 Å². The molecular formula is C9H5N. The van der Waals surface area contributed by atoms with E-state index in [-0.39, 0.29) is 0 Å². The first kappa shape index (κ1) is 4.45. The maximum Gasteiger partial charge on any atom is 0.0353 e. The van der Waals surface area contributed by atoms with Gasteiger partial charge in [-0.1, -0.05) is 18.2 Å². The van der Waals surface area contributed by atoms with E-state index in [4.69, 9.17) is 0 Å². The number of nitrogens with zero attached hydrogens (tertiary/aromatic N) is 1. The van der Waals surface area contributed by atoms with Crippen molar-refractivity contribution in [1.29, 1.82) is 0 Å². The number of rotatable bonds is 0. The van der Waals surface area contributed by atoms with Crippen LogP contribution in [0.4, 0.5) is 0 Å². The van der Waals surface area contributed by atoms with Crippen LogP contribution in [0.1, 0.15) is 0 Å². The number of aromatic nitrogens is 1. The fraction of sp³-hybridized carbons (Fsp3) is 0. The summed E-state index contributed by atoms with van der Waals surface area (Å²) in [6.07, 6.45) is 3.86. The van der Waals surface area contributed by atoms with Crippen molar-refractivity contribution in [3.8, 4) is 22.3 Å². The van der Waals surface area contributed by atoms with Gasteiger partial charge in [-0.05, 0) is 11.1 Å². The summed E-state index contributed by atoms with van der Waals surface area (Å²) in [6.45, 7) is 0. The van der Waals surface area contributed by atoms with Crippen molar-refractivity contribution in [2.75, 3.05) is 0 Å². The first-order valence-electron chi connectivity index (χ1n) is 3.34. The van der Waals surface area contributed by atoms with Crippen LogP contribution >= 0.6 is 0 Å². The Morgan fingerprint density at radius 1 is 0.800 bits per heavy atom. The zero-order valence-corrected chi connectivity index (χ0v) is 5.33. The van der Waals surface area contributed by atoms with E-state index in [2.05, 4.69) is 23.2 Å². The second-order valence-corrected chi connectivity index (χ2v) is 2.59. The molecular weight excluding hydrogens is 122 g/mol. The summed E-state index contributed by atoms with van der Waals surface area (Å²) in [6, 6.07) is 6.36. The van der Waals surface area contributed by atoms with Crippen molar-refractivity contribution in [3.63, 3.8) is 0 Å². The number of hydrogen-bond acceptors (Lipinski definition) is 1. The molecule has 0 amide bonds. The van der Waals surface area contributed by atoms with Gasteiger partial charge in [0.1, 0.15) is 0 Å². The van der Waals surface area contributed by atoms with Crippen LogP contribution < -0.4 is 0 Å². The van der Waals surface area contributed by atoms with Crippen LogP contribution in [-0.4, -0.2) is 4.98 Å². The lowest BCUT2D eigenvalue weighted by Crippen LogP contribution is -1.87. The van der Waals surface area contributed by atoms with E-state index in [9.17, 15) is 0 Å². The Balaban J connectivity index is 2.54. The minimum atomic E-state index is 1.32. The summed E-state index contributed by atoms with van der Waals surface area (Å²) in [5.74, 6) is 0. The summed E-state index contributed by atoms with van der Waals surface area (Å²) in [5.41, 5.74) is 5.38. The van der Waals surface area contributed by atoms with E-state index in [0.717, 1.165) is 0 Å². The number of fused-ring (bicyclic) bond motifs is 4. The van der Waals surface area contributed by atoms with E-state index >= 15 is 0 Å². The van der Waals surface area contributed by atoms with Gasteiger partial charge in [0.05, 0.1) is 0 Å². The molecule has 1 aliphatic heterocycles. The first-order chi connectivity index (χ1) is 4.97. The van der Waals surface area contributed by atoms with Crippen LogP contribution in [0.2, 0.25) is 0 Å². The Morgan fingerprint density at radius 2 is 1.40 bits per heavy atom. The summed E-state index contributed by atoms with van der Waals surface area (Å²) in [5, 5.41) is 0. The Hall–Kier alpha value is -1.37. The van der Waals surface area contributed by atoms with Gasteiger partial charge < -0.3 is 0 Å². The molecule has 10 heavy (non-hydrogen) atoms. The third-order valence-corrected chi connectivity index (χ3v) is 2.09. The average molecular weight is 127 g/mol. The van der Waals surface area contributed by atoms with Gasteiger partial charge in [0, 0.05) is 23.5 Å². The van der Waals surface area contributed by atoms with Gasteiger partial charge in [0.2, 0.25) is 0 Å². The third-order valence-electron chi connectivity index (χ3n) is 2.09. The average Bonchev–Trinajstić information content (AvgIpc) is 2.42. The largest absolute Gasteiger partial charge is 0.263 e. The van der Waals surface area contributed by atoms with Gasteiger partial charge in [-0.15, -0.1) is 0 Å². The Labute approximate surface area is 58.7 Å². The van der Waals surface area contributed by atoms with Crippen molar-refractivity contribution in [2.45, 2.75) is 0 Å². The lowest BCUT2D eigenvalue weighted by Gasteiger charge is -2.13. The molecule has 0 radical (unpaired) electrons. The van der Waals surface area contributed by atoms with E-state index in [1.165, 1.54) is 22.3 Å². The zero-order valence-electron chi connectivity index (χ0n) is 5.33. The number of hydrogen-bond donors (Lipinski definition) is 0. The fourth-order valence-corrected chi connectivity index (χ4v) is 1.58. The first-order valence-corrected chi connectivity index (χ1v) is 3.34. The molecule has 0 aromatic carbocycles. The highest BCUT2D eigenvalue weighted by molar-refractivity contribution is 6.02. The second kappa shape index (κ2) is 1.21. The van der Waals surface area contributed by atoms with Gasteiger partial charge in [-0.3, -0.25) is 4.98 Å². The van der Waals surface area contributed by atoms with Crippen molar-refractivity contribution >= 4 is 0 Å². The van der Waals surface area contributed by atoms with Crippen molar-refractivity contribution in [1.82, 2.24) is 4.98 Å². The smallest absolute Gasteiger partial charge is 0.0353 e. The molecule has 0 spiro atoms. The van der Waals surface area contributed by atoms with Crippen LogP contribution in [0, 0.1) is 0 Å². The standard InChI is InChI=1S/C9H5N/c1-2-6-7(3-1)9-5-10-4-8(6)9/h1-5H. The molecule has 0 atom stereocenters. The minimum absolute atomic E-state index is 1.32. The quantitative estimate of drug-likeness (QED) is 0.451. The molecule has 0 saturated carbocycles. The van der Waals surface area contributed by atoms with Crippen molar-refractivity contribution < 1.29 is 0 Å². The molecule has 0 saturated heterocycles. The van der Waals surface area contributed by atoms with Crippen LogP contribution in [0.3, 0.4) is 0 Å². The zero-order chi connectivity index (χ0) is 6.55. The summed E-state index contributed by atoms with van der Waals surface area (Å²) in [7, 11) is 0. The summed E-state index contributed by atoms with van der Waals surface area (Å²) >= 11 is 0. The monoisotopic (exact) mass is 127 g/mol. The molecule has 0 bridgehead atoms. The normalized spacial score (nSPS) is 12.0. The molecule has 1 heteroatoms. The molecule has 0 unspecified atom stereocenters. The Morgan fingerprint density at radius 3 is 2.00 bits per heavy atom. The SMILES string of the molecule is c1cc2c3cncc-3c-2c1. The van der Waals surface area contributed by atoms with E-state index in [1.807, 2.05) is 12.4 Å². The molecule has 0 aromatic heterocycles. The van der Waals surface area contributed by atoms with Crippen LogP contribution in [-0.2, 0) is 0 Å². The molecule has 1 nitrogen and oxygen atoms in total. The molecule has 3 aliphatic rings. The molecule has 0 aromatic rings. The van der Waals surface area contributed by atoms with Crippen LogP contribution in [0.5, 0.6) is 0 Å². The molecule has 0 N–H and O–H groups in total. The van der Waals surface area contributed by atoms with Gasteiger partial charge >= 0.3 is 0 Å². The Kier molecular flexibility index (Phi) is 0.539. The summed E-state index contributed by atoms with van der Waals surface area (Å²) < 4.78 is 0. The topological polar surface area (TPSA) is 12.9 Å². The predicted molar refractivity (Wildman–Crippen MR) is 39.9 cm³/mol. The molecule has 3 rings (SSSR count). The predicted octanol–water partition coefficient (Wildman–Crippen LogP) is 2.17. The minimum Gasteiger partial charge on any atom is -0.263 e. The molecule has 46 valence electrons. The van der Waals surface area contributed by atoms with Gasteiger partial charge in [0.15, 0.2) is 0 Å². The molecule has 2 aliphatic carbocycles. The Bertz CT molecular complexity index is 293. The summed E-state index contributed by atoms with van der Waals surface area (Å²) in [4.78, 5) is 4.07. The third kappa shape index (κ3) is 0.296. The van der Waals surface area contributed by atoms with Crippen molar-refractivity contribution in [2.24, 2.45) is 0 Å². The van der Waals surface area contributed by atoms with E-state index < -0.39 is 0 Å².